The molecule has 1 aliphatic heterocycles. The first kappa shape index (κ1) is 15.1. The Hall–Kier alpha value is -3.49. The minimum absolute atomic E-state index is 0.160. The number of nitrogens with zero attached hydrogens (tertiary/aromatic N) is 4. The van der Waals surface area contributed by atoms with E-state index in [1.165, 1.54) is 18.5 Å². The van der Waals surface area contributed by atoms with Crippen LogP contribution in [-0.2, 0) is 11.3 Å². The number of hydrogen-bond donors (Lipinski definition) is 3. The Labute approximate surface area is 142 Å². The van der Waals surface area contributed by atoms with Crippen molar-refractivity contribution in [1.29, 1.82) is 0 Å². The van der Waals surface area contributed by atoms with Gasteiger partial charge in [-0.25, -0.2) is 14.4 Å². The van der Waals surface area contributed by atoms with Gasteiger partial charge in [-0.1, -0.05) is 12.1 Å². The molecule has 0 saturated heterocycles. The molecule has 3 aromatic rings. The molecule has 0 unspecified atom stereocenters. The fraction of sp³-hybridized carbons (Fsp3) is 0.125. The van der Waals surface area contributed by atoms with Crippen LogP contribution in [0.3, 0.4) is 0 Å². The van der Waals surface area contributed by atoms with Crippen molar-refractivity contribution in [3.8, 4) is 0 Å². The van der Waals surface area contributed by atoms with E-state index in [1.807, 2.05) is 6.07 Å². The summed E-state index contributed by atoms with van der Waals surface area (Å²) in [4.78, 5) is 19.8. The Bertz CT molecular complexity index is 940. The zero-order valence-electron chi connectivity index (χ0n) is 13.0. The number of benzene rings is 1. The third-order valence-electron chi connectivity index (χ3n) is 3.66. The Morgan fingerprint density at radius 3 is 3.12 bits per heavy atom. The molecule has 0 radical (unpaired) electrons. The third-order valence-corrected chi connectivity index (χ3v) is 3.66. The van der Waals surface area contributed by atoms with Crippen LogP contribution in [0.15, 0.2) is 43.0 Å². The predicted octanol–water partition coefficient (Wildman–Crippen LogP) is 1.97. The average Bonchev–Trinajstić information content (AvgIpc) is 3.02. The molecule has 2 aromatic heterocycles. The molecule has 0 bridgehead atoms. The predicted molar refractivity (Wildman–Crippen MR) is 90.2 cm³/mol. The second kappa shape index (κ2) is 6.19. The molecule has 1 amide bonds. The van der Waals surface area contributed by atoms with Gasteiger partial charge in [0, 0.05) is 6.20 Å². The van der Waals surface area contributed by atoms with E-state index in [0.717, 1.165) is 5.56 Å². The number of carbonyl (C=O) groups excluding carboxylic acids is 1. The topological polar surface area (TPSA) is 96.8 Å². The minimum Gasteiger partial charge on any atom is -0.359 e. The van der Waals surface area contributed by atoms with Gasteiger partial charge >= 0.3 is 0 Å². The number of carbonyl (C=O) groups is 1. The summed E-state index contributed by atoms with van der Waals surface area (Å²) in [5.41, 5.74) is 2.00. The highest BCUT2D eigenvalue weighted by molar-refractivity contribution is 6.03. The summed E-state index contributed by atoms with van der Waals surface area (Å²) in [6.07, 6.45) is 4.81. The lowest BCUT2D eigenvalue weighted by Gasteiger charge is -2.19. The van der Waals surface area contributed by atoms with Gasteiger partial charge in [0.2, 0.25) is 5.91 Å². The molecule has 0 saturated carbocycles. The highest BCUT2D eigenvalue weighted by Crippen LogP contribution is 2.30. The van der Waals surface area contributed by atoms with E-state index >= 15 is 0 Å². The van der Waals surface area contributed by atoms with E-state index in [4.69, 9.17) is 0 Å². The highest BCUT2D eigenvalue weighted by Gasteiger charge is 2.19. The van der Waals surface area contributed by atoms with Gasteiger partial charge in [-0.2, -0.15) is 5.10 Å². The molecule has 1 aliphatic rings. The lowest BCUT2D eigenvalue weighted by Crippen LogP contribution is -2.28. The van der Waals surface area contributed by atoms with Crippen LogP contribution in [0.1, 0.15) is 5.56 Å². The zero-order chi connectivity index (χ0) is 17.2. The molecule has 0 fully saturated rings. The lowest BCUT2D eigenvalue weighted by molar-refractivity contribution is -0.114. The van der Waals surface area contributed by atoms with Crippen LogP contribution >= 0.6 is 0 Å². The van der Waals surface area contributed by atoms with Gasteiger partial charge in [-0.3, -0.25) is 9.48 Å². The Balaban J connectivity index is 1.53. The number of aromatic nitrogens is 4. The van der Waals surface area contributed by atoms with Gasteiger partial charge in [-0.05, 0) is 17.7 Å². The molecular weight excluding hydrogens is 325 g/mol. The summed E-state index contributed by atoms with van der Waals surface area (Å²) in [5.74, 6) is 0.589. The van der Waals surface area contributed by atoms with Crippen molar-refractivity contribution in [2.24, 2.45) is 0 Å². The zero-order valence-corrected chi connectivity index (χ0v) is 13.0. The summed E-state index contributed by atoms with van der Waals surface area (Å²) in [7, 11) is 0. The quantitative estimate of drug-likeness (QED) is 0.672. The maximum absolute atomic E-state index is 13.3. The van der Waals surface area contributed by atoms with Crippen LogP contribution < -0.4 is 16.0 Å². The molecule has 1 aromatic carbocycles. The van der Waals surface area contributed by atoms with Gasteiger partial charge in [0.15, 0.2) is 11.6 Å². The molecule has 8 nitrogen and oxygen atoms in total. The number of nitrogens with one attached hydrogen (secondary N) is 3. The number of halogens is 1. The summed E-state index contributed by atoms with van der Waals surface area (Å²) in [5, 5.41) is 13.0. The number of hydrogen-bond acceptors (Lipinski definition) is 6. The Morgan fingerprint density at radius 2 is 2.24 bits per heavy atom. The smallest absolute Gasteiger partial charge is 0.243 e. The van der Waals surface area contributed by atoms with E-state index in [1.54, 1.807) is 23.1 Å². The van der Waals surface area contributed by atoms with Crippen molar-refractivity contribution in [1.82, 2.24) is 19.7 Å². The maximum Gasteiger partial charge on any atom is 0.243 e. The molecule has 9 heteroatoms. The van der Waals surface area contributed by atoms with E-state index < -0.39 is 0 Å². The van der Waals surface area contributed by atoms with E-state index in [0.29, 0.717) is 29.6 Å². The Morgan fingerprint density at radius 1 is 1.32 bits per heavy atom. The first-order chi connectivity index (χ1) is 12.2. The molecule has 4 rings (SSSR count). The number of rotatable bonds is 4. The second-order valence-corrected chi connectivity index (χ2v) is 5.53. The SMILES string of the molecule is O=C1CNc2ncnc(Nc3cnn(Cc4cccc(F)c4)c3)c2N1. The normalized spacial score (nSPS) is 12.9. The van der Waals surface area contributed by atoms with Crippen molar-refractivity contribution in [3.63, 3.8) is 0 Å². The van der Waals surface area contributed by atoms with Crippen LogP contribution in [0.4, 0.5) is 27.4 Å². The van der Waals surface area contributed by atoms with Crippen LogP contribution in [0.25, 0.3) is 0 Å². The van der Waals surface area contributed by atoms with Crippen LogP contribution in [0, 0.1) is 5.82 Å². The highest BCUT2D eigenvalue weighted by atomic mass is 19.1. The van der Waals surface area contributed by atoms with Crippen molar-refractivity contribution < 1.29 is 9.18 Å². The monoisotopic (exact) mass is 339 g/mol. The fourth-order valence-corrected chi connectivity index (χ4v) is 2.55. The first-order valence-electron chi connectivity index (χ1n) is 7.60. The summed E-state index contributed by atoms with van der Waals surface area (Å²) >= 11 is 0. The lowest BCUT2D eigenvalue weighted by atomic mass is 10.2. The van der Waals surface area contributed by atoms with Crippen LogP contribution in [0.5, 0.6) is 0 Å². The fourth-order valence-electron chi connectivity index (χ4n) is 2.55. The van der Waals surface area contributed by atoms with Crippen LogP contribution in [0.2, 0.25) is 0 Å². The minimum atomic E-state index is -0.279. The van der Waals surface area contributed by atoms with Crippen molar-refractivity contribution in [2.75, 3.05) is 22.5 Å². The first-order valence-corrected chi connectivity index (χ1v) is 7.60. The number of amides is 1. The molecule has 25 heavy (non-hydrogen) atoms. The average molecular weight is 339 g/mol. The van der Waals surface area contributed by atoms with Crippen molar-refractivity contribution >= 4 is 28.9 Å². The van der Waals surface area contributed by atoms with Crippen LogP contribution in [-0.4, -0.2) is 32.2 Å². The van der Waals surface area contributed by atoms with E-state index in [-0.39, 0.29) is 18.3 Å². The van der Waals surface area contributed by atoms with Gasteiger partial charge < -0.3 is 16.0 Å². The Kier molecular flexibility index (Phi) is 3.73. The molecule has 0 spiro atoms. The van der Waals surface area contributed by atoms with Gasteiger partial charge in [0.05, 0.1) is 25.0 Å². The standard InChI is InChI=1S/C16H14FN7O/c17-11-3-1-2-10(4-11)7-24-8-12(5-21-24)22-16-14-15(19-9-20-16)18-6-13(25)23-14/h1-5,8-9H,6-7H2,(H,23,25)(H2,18,19,20,22). The second-order valence-electron chi connectivity index (χ2n) is 5.53. The van der Waals surface area contributed by atoms with Crippen molar-refractivity contribution in [2.45, 2.75) is 6.54 Å². The molecule has 0 aliphatic carbocycles. The molecular formula is C16H14FN7O. The third kappa shape index (κ3) is 3.25. The maximum atomic E-state index is 13.3. The molecule has 0 atom stereocenters. The molecule has 3 heterocycles. The van der Waals surface area contributed by atoms with Gasteiger partial charge in [-0.15, -0.1) is 0 Å². The largest absolute Gasteiger partial charge is 0.359 e. The van der Waals surface area contributed by atoms with E-state index in [2.05, 4.69) is 31.0 Å². The van der Waals surface area contributed by atoms with E-state index in [9.17, 15) is 9.18 Å². The molecule has 126 valence electrons. The van der Waals surface area contributed by atoms with Crippen molar-refractivity contribution in [3.05, 3.63) is 54.4 Å². The van der Waals surface area contributed by atoms with Gasteiger partial charge in [0.1, 0.15) is 17.8 Å². The summed E-state index contributed by atoms with van der Waals surface area (Å²) in [6.45, 7) is 0.620. The number of anilines is 4. The summed E-state index contributed by atoms with van der Waals surface area (Å²) < 4.78 is 14.9. The summed E-state index contributed by atoms with van der Waals surface area (Å²) in [6, 6.07) is 6.37. The molecule has 3 N–H and O–H groups in total. The number of fused-ring (bicyclic) bond motifs is 1. The van der Waals surface area contributed by atoms with Gasteiger partial charge in [0.25, 0.3) is 0 Å².